The standard InChI is InChI=1S/C19H15FN4O2/c20-13-5-3-4-12(8-13)15-18(11-23)16(24)26-19(25-15)7-2-1-6-14(19)17(18,9-21)10-22/h3-5,8,14-15,24H,1-2,6-7H2/t14-,15+,18-,19+/m1/s1. The predicted octanol–water partition coefficient (Wildman–Crippen LogP) is 3.33. The summed E-state index contributed by atoms with van der Waals surface area (Å²) >= 11 is 0. The van der Waals surface area contributed by atoms with Gasteiger partial charge in [0.1, 0.15) is 11.9 Å². The molecular weight excluding hydrogens is 335 g/mol. The van der Waals surface area contributed by atoms with Gasteiger partial charge in [0.05, 0.1) is 24.1 Å². The third-order valence-corrected chi connectivity index (χ3v) is 5.97. The highest BCUT2D eigenvalue weighted by atomic mass is 19.1. The van der Waals surface area contributed by atoms with Crippen LogP contribution in [0.1, 0.15) is 37.4 Å². The van der Waals surface area contributed by atoms with E-state index in [9.17, 15) is 20.2 Å². The van der Waals surface area contributed by atoms with Crippen LogP contribution in [0.4, 0.5) is 4.39 Å². The zero-order valence-corrected chi connectivity index (χ0v) is 13.8. The number of ether oxygens (including phenoxy) is 2. The average molecular weight is 350 g/mol. The molecule has 5 rings (SSSR count). The summed E-state index contributed by atoms with van der Waals surface area (Å²) in [6.45, 7) is 0. The molecule has 0 radical (unpaired) electrons. The molecule has 3 aliphatic heterocycles. The van der Waals surface area contributed by atoms with Crippen LogP contribution in [0.25, 0.3) is 0 Å². The molecule has 0 unspecified atom stereocenters. The van der Waals surface area contributed by atoms with Crippen LogP contribution in [-0.2, 0) is 9.47 Å². The maximum Gasteiger partial charge on any atom is 0.218 e. The maximum absolute atomic E-state index is 13.8. The average Bonchev–Trinajstić information content (AvgIpc) is 2.66. The molecule has 130 valence electrons. The van der Waals surface area contributed by atoms with Gasteiger partial charge in [-0.1, -0.05) is 18.6 Å². The van der Waals surface area contributed by atoms with E-state index < -0.39 is 40.4 Å². The molecule has 1 N–H and O–H groups in total. The second-order valence-corrected chi connectivity index (χ2v) is 7.05. The van der Waals surface area contributed by atoms with E-state index in [0.717, 1.165) is 12.8 Å². The molecule has 7 heteroatoms. The number of fused-ring (bicyclic) bond motifs is 2. The van der Waals surface area contributed by atoms with Crippen LogP contribution in [0.15, 0.2) is 24.3 Å². The van der Waals surface area contributed by atoms with Crippen LogP contribution in [-0.4, -0.2) is 11.7 Å². The monoisotopic (exact) mass is 350 g/mol. The summed E-state index contributed by atoms with van der Waals surface area (Å²) in [7, 11) is 0. The molecular formula is C19H15FN4O2. The Morgan fingerprint density at radius 1 is 1.15 bits per heavy atom. The van der Waals surface area contributed by atoms with Gasteiger partial charge in [-0.15, -0.1) is 0 Å². The fraction of sp³-hybridized carbons (Fsp3) is 0.474. The van der Waals surface area contributed by atoms with Crippen molar-refractivity contribution >= 4 is 5.90 Å². The molecule has 4 aliphatic rings. The highest BCUT2D eigenvalue weighted by Crippen LogP contribution is 2.69. The first kappa shape index (κ1) is 16.5. The topological polar surface area (TPSA) is 114 Å². The Morgan fingerprint density at radius 3 is 2.58 bits per heavy atom. The minimum atomic E-state index is -1.95. The number of benzene rings is 1. The van der Waals surface area contributed by atoms with Crippen molar-refractivity contribution in [1.29, 1.82) is 21.2 Å². The second kappa shape index (κ2) is 5.27. The van der Waals surface area contributed by atoms with Crippen molar-refractivity contribution in [3.05, 3.63) is 35.6 Å². The Kier molecular flexibility index (Phi) is 3.35. The fourth-order valence-corrected chi connectivity index (χ4v) is 4.81. The third kappa shape index (κ3) is 1.68. The Bertz CT molecular complexity index is 913. The summed E-state index contributed by atoms with van der Waals surface area (Å²) in [6, 6.07) is 11.6. The predicted molar refractivity (Wildman–Crippen MR) is 85.4 cm³/mol. The van der Waals surface area contributed by atoms with Crippen molar-refractivity contribution < 1.29 is 13.9 Å². The zero-order chi connectivity index (χ0) is 18.6. The van der Waals surface area contributed by atoms with Gasteiger partial charge in [0.15, 0.2) is 10.8 Å². The van der Waals surface area contributed by atoms with E-state index in [2.05, 4.69) is 12.1 Å². The summed E-state index contributed by atoms with van der Waals surface area (Å²) in [6.07, 6.45) is 1.32. The molecule has 3 saturated heterocycles. The molecule has 4 atom stereocenters. The van der Waals surface area contributed by atoms with Crippen molar-refractivity contribution in [2.24, 2.45) is 16.7 Å². The molecule has 1 aliphatic carbocycles. The van der Waals surface area contributed by atoms with Gasteiger partial charge < -0.3 is 9.47 Å². The lowest BCUT2D eigenvalue weighted by molar-refractivity contribution is -0.360. The molecule has 26 heavy (non-hydrogen) atoms. The fourth-order valence-electron chi connectivity index (χ4n) is 4.81. The molecule has 4 fully saturated rings. The number of nitrogens with one attached hydrogen (secondary N) is 1. The van der Waals surface area contributed by atoms with Gasteiger partial charge in [-0.2, -0.15) is 15.8 Å². The van der Waals surface area contributed by atoms with E-state index in [1.807, 2.05) is 6.07 Å². The first-order valence-electron chi connectivity index (χ1n) is 8.45. The van der Waals surface area contributed by atoms with Gasteiger partial charge >= 0.3 is 0 Å². The van der Waals surface area contributed by atoms with Crippen LogP contribution in [0.5, 0.6) is 0 Å². The Labute approximate surface area is 149 Å². The summed E-state index contributed by atoms with van der Waals surface area (Å²) in [5.41, 5.74) is -3.43. The van der Waals surface area contributed by atoms with Gasteiger partial charge in [-0.25, -0.2) is 4.39 Å². The smallest absolute Gasteiger partial charge is 0.218 e. The first-order valence-corrected chi connectivity index (χ1v) is 8.45. The summed E-state index contributed by atoms with van der Waals surface area (Å²) in [4.78, 5) is 0. The molecule has 1 aromatic carbocycles. The number of halogens is 1. The Morgan fingerprint density at radius 2 is 1.92 bits per heavy atom. The summed E-state index contributed by atoms with van der Waals surface area (Å²) in [5, 5.41) is 38.5. The minimum absolute atomic E-state index is 0.317. The molecule has 0 aromatic heterocycles. The van der Waals surface area contributed by atoms with Crippen LogP contribution < -0.4 is 0 Å². The molecule has 6 nitrogen and oxygen atoms in total. The lowest BCUT2D eigenvalue weighted by Gasteiger charge is -2.63. The maximum atomic E-state index is 13.8. The van der Waals surface area contributed by atoms with Crippen LogP contribution >= 0.6 is 0 Å². The lowest BCUT2D eigenvalue weighted by Crippen LogP contribution is -2.73. The van der Waals surface area contributed by atoms with Gasteiger partial charge in [-0.3, -0.25) is 5.41 Å². The van der Waals surface area contributed by atoms with Gasteiger partial charge in [0, 0.05) is 6.42 Å². The van der Waals surface area contributed by atoms with E-state index in [1.54, 1.807) is 6.07 Å². The van der Waals surface area contributed by atoms with E-state index >= 15 is 0 Å². The number of nitrogens with zero attached hydrogens (tertiary/aromatic N) is 3. The van der Waals surface area contributed by atoms with E-state index in [0.29, 0.717) is 18.4 Å². The molecule has 0 amide bonds. The Hall–Kier alpha value is -2.95. The van der Waals surface area contributed by atoms with Gasteiger partial charge in [0.25, 0.3) is 0 Å². The van der Waals surface area contributed by atoms with Crippen molar-refractivity contribution in [2.45, 2.75) is 37.6 Å². The second-order valence-electron chi connectivity index (χ2n) is 7.05. The van der Waals surface area contributed by atoms with Crippen molar-refractivity contribution in [3.63, 3.8) is 0 Å². The van der Waals surface area contributed by atoms with Crippen molar-refractivity contribution in [2.75, 3.05) is 0 Å². The van der Waals surface area contributed by atoms with Crippen molar-refractivity contribution in [1.82, 2.24) is 0 Å². The van der Waals surface area contributed by atoms with Gasteiger partial charge in [-0.05, 0) is 30.5 Å². The van der Waals surface area contributed by atoms with Crippen LogP contribution in [0.2, 0.25) is 0 Å². The molecule has 2 bridgehead atoms. The quantitative estimate of drug-likeness (QED) is 0.834. The molecule has 3 heterocycles. The van der Waals surface area contributed by atoms with E-state index in [4.69, 9.17) is 14.9 Å². The van der Waals surface area contributed by atoms with Crippen LogP contribution in [0, 0.1) is 62.0 Å². The number of rotatable bonds is 1. The molecule has 1 saturated carbocycles. The van der Waals surface area contributed by atoms with Crippen LogP contribution in [0.3, 0.4) is 0 Å². The largest absolute Gasteiger partial charge is 0.447 e. The summed E-state index contributed by atoms with van der Waals surface area (Å²) in [5.74, 6) is -2.92. The van der Waals surface area contributed by atoms with E-state index in [-0.39, 0.29) is 0 Å². The number of hydrogen-bond donors (Lipinski definition) is 1. The normalized spacial score (nSPS) is 36.8. The number of nitriles is 3. The molecule has 1 aromatic rings. The van der Waals surface area contributed by atoms with E-state index in [1.165, 1.54) is 18.2 Å². The zero-order valence-electron chi connectivity index (χ0n) is 13.8. The number of hydrogen-bond acceptors (Lipinski definition) is 6. The highest BCUT2D eigenvalue weighted by Gasteiger charge is 2.80. The minimum Gasteiger partial charge on any atom is -0.447 e. The Balaban J connectivity index is 2.02. The van der Waals surface area contributed by atoms with Crippen molar-refractivity contribution in [3.8, 4) is 18.2 Å². The first-order chi connectivity index (χ1) is 12.5. The van der Waals surface area contributed by atoms with Gasteiger partial charge in [0.2, 0.25) is 11.7 Å². The highest BCUT2D eigenvalue weighted by molar-refractivity contribution is 5.89. The SMILES string of the molecule is N#CC1(C#N)[C@H]2CCCC[C@]23OC(=N)[C@@]1(C#N)[C@H](c1cccc(F)c1)O3. The third-order valence-electron chi connectivity index (χ3n) is 5.97. The summed E-state index contributed by atoms with van der Waals surface area (Å²) < 4.78 is 25.8. The molecule has 1 spiro atoms. The lowest BCUT2D eigenvalue weighted by atomic mass is 9.48.